The van der Waals surface area contributed by atoms with Crippen molar-refractivity contribution >= 4 is 16.8 Å². The molecule has 7 heterocycles. The van der Waals surface area contributed by atoms with Crippen LogP contribution < -0.4 is 0 Å². The summed E-state index contributed by atoms with van der Waals surface area (Å²) in [7, 11) is 0. The van der Waals surface area contributed by atoms with Crippen LogP contribution in [0.25, 0.3) is 51.0 Å². The molecule has 0 saturated heterocycles. The number of fused-ring (bicyclic) bond motifs is 3. The number of pyridine rings is 2. The Bertz CT molecular complexity index is 1710. The SMILES string of the molecule is c1ccn2cc(-c3[nH]c(-c4cnc5ccccn45)nc3-c3cnn4cnccc34)nc2c1. The molecular weight excluding hydrogens is 402 g/mol. The zero-order valence-electron chi connectivity index (χ0n) is 16.7. The van der Waals surface area contributed by atoms with Crippen molar-refractivity contribution in [2.45, 2.75) is 0 Å². The fourth-order valence-corrected chi connectivity index (χ4v) is 4.07. The second kappa shape index (κ2) is 6.35. The summed E-state index contributed by atoms with van der Waals surface area (Å²) in [6.45, 7) is 0. The number of nitrogens with one attached hydrogen (secondary N) is 1. The van der Waals surface area contributed by atoms with E-state index in [4.69, 9.17) is 9.97 Å². The van der Waals surface area contributed by atoms with Gasteiger partial charge in [0.25, 0.3) is 0 Å². The Morgan fingerprint density at radius 2 is 1.78 bits per heavy atom. The summed E-state index contributed by atoms with van der Waals surface area (Å²) in [5, 5.41) is 4.45. The van der Waals surface area contributed by atoms with Crippen molar-refractivity contribution in [1.82, 2.24) is 43.3 Å². The van der Waals surface area contributed by atoms with E-state index in [-0.39, 0.29) is 0 Å². The summed E-state index contributed by atoms with van der Waals surface area (Å²) in [6, 6.07) is 13.8. The molecule has 0 aromatic carbocycles. The minimum Gasteiger partial charge on any atom is -0.335 e. The highest BCUT2D eigenvalue weighted by Gasteiger charge is 2.21. The van der Waals surface area contributed by atoms with E-state index in [2.05, 4.69) is 20.1 Å². The Labute approximate surface area is 180 Å². The Kier molecular flexibility index (Phi) is 3.36. The molecule has 0 aliphatic heterocycles. The maximum atomic E-state index is 5.00. The molecule has 9 heteroatoms. The Balaban J connectivity index is 1.51. The number of aromatic nitrogens is 9. The van der Waals surface area contributed by atoms with E-state index in [0.717, 1.165) is 45.2 Å². The molecule has 7 aromatic rings. The van der Waals surface area contributed by atoms with Crippen LogP contribution in [0.4, 0.5) is 0 Å². The van der Waals surface area contributed by atoms with Crippen molar-refractivity contribution in [3.8, 4) is 34.2 Å². The minimum atomic E-state index is 0.708. The van der Waals surface area contributed by atoms with E-state index < -0.39 is 0 Å². The van der Waals surface area contributed by atoms with E-state index in [1.165, 1.54) is 0 Å². The van der Waals surface area contributed by atoms with E-state index >= 15 is 0 Å². The van der Waals surface area contributed by atoms with Crippen molar-refractivity contribution in [3.05, 3.63) is 86.0 Å². The van der Waals surface area contributed by atoms with Crippen LogP contribution in [-0.4, -0.2) is 43.3 Å². The zero-order valence-corrected chi connectivity index (χ0v) is 16.7. The normalized spacial score (nSPS) is 11.8. The molecule has 0 radical (unpaired) electrons. The lowest BCUT2D eigenvalue weighted by Gasteiger charge is -1.98. The predicted octanol–water partition coefficient (Wildman–Crippen LogP) is 3.75. The second-order valence-corrected chi connectivity index (χ2v) is 7.44. The lowest BCUT2D eigenvalue weighted by Crippen LogP contribution is -1.89. The van der Waals surface area contributed by atoms with Gasteiger partial charge in [-0.15, -0.1) is 0 Å². The van der Waals surface area contributed by atoms with Gasteiger partial charge in [-0.2, -0.15) is 5.10 Å². The first kappa shape index (κ1) is 16.9. The van der Waals surface area contributed by atoms with Crippen molar-refractivity contribution in [2.75, 3.05) is 0 Å². The van der Waals surface area contributed by atoms with Crippen molar-refractivity contribution in [3.63, 3.8) is 0 Å². The molecule has 0 spiro atoms. The molecule has 0 fully saturated rings. The van der Waals surface area contributed by atoms with Gasteiger partial charge in [-0.25, -0.2) is 24.5 Å². The molecule has 7 aromatic heterocycles. The van der Waals surface area contributed by atoms with Gasteiger partial charge in [-0.1, -0.05) is 12.1 Å². The highest BCUT2D eigenvalue weighted by Crippen LogP contribution is 2.34. The first-order valence-corrected chi connectivity index (χ1v) is 10.1. The molecule has 152 valence electrons. The van der Waals surface area contributed by atoms with Gasteiger partial charge in [-0.05, 0) is 30.3 Å². The number of hydrogen-bond donors (Lipinski definition) is 1. The average molecular weight is 417 g/mol. The fourth-order valence-electron chi connectivity index (χ4n) is 4.07. The summed E-state index contributed by atoms with van der Waals surface area (Å²) in [5.74, 6) is 0.708. The molecule has 0 bridgehead atoms. The average Bonchev–Trinajstić information content (AvgIpc) is 3.61. The number of imidazole rings is 3. The van der Waals surface area contributed by atoms with Crippen molar-refractivity contribution in [1.29, 1.82) is 0 Å². The largest absolute Gasteiger partial charge is 0.335 e. The summed E-state index contributed by atoms with van der Waals surface area (Å²) in [6.07, 6.45) is 13.0. The van der Waals surface area contributed by atoms with Crippen LogP contribution in [0.2, 0.25) is 0 Å². The topological polar surface area (TPSA) is 93.5 Å². The Hall–Kier alpha value is -4.79. The third kappa shape index (κ3) is 2.42. The van der Waals surface area contributed by atoms with Crippen molar-refractivity contribution < 1.29 is 0 Å². The van der Waals surface area contributed by atoms with Gasteiger partial charge in [0.05, 0.1) is 23.6 Å². The molecule has 32 heavy (non-hydrogen) atoms. The highest BCUT2D eigenvalue weighted by molar-refractivity contribution is 5.87. The van der Waals surface area contributed by atoms with Gasteiger partial charge in [0.15, 0.2) is 5.82 Å². The summed E-state index contributed by atoms with van der Waals surface area (Å²) in [5.41, 5.74) is 6.80. The van der Waals surface area contributed by atoms with Crippen LogP contribution in [0.3, 0.4) is 0 Å². The first-order chi connectivity index (χ1) is 15.8. The van der Waals surface area contributed by atoms with Crippen LogP contribution in [0.15, 0.2) is 86.0 Å². The molecule has 1 N–H and O–H groups in total. The molecule has 9 nitrogen and oxygen atoms in total. The molecular formula is C23H15N9. The maximum absolute atomic E-state index is 5.00. The van der Waals surface area contributed by atoms with E-state index in [9.17, 15) is 0 Å². The number of nitrogens with zero attached hydrogens (tertiary/aromatic N) is 8. The lowest BCUT2D eigenvalue weighted by molar-refractivity contribution is 0.921. The van der Waals surface area contributed by atoms with Gasteiger partial charge in [-0.3, -0.25) is 4.40 Å². The predicted molar refractivity (Wildman–Crippen MR) is 119 cm³/mol. The molecule has 0 unspecified atom stereocenters. The van der Waals surface area contributed by atoms with Crippen LogP contribution >= 0.6 is 0 Å². The van der Waals surface area contributed by atoms with Gasteiger partial charge >= 0.3 is 0 Å². The number of aromatic amines is 1. The van der Waals surface area contributed by atoms with Gasteiger partial charge in [0, 0.05) is 30.4 Å². The molecule has 0 aliphatic rings. The van der Waals surface area contributed by atoms with Crippen LogP contribution in [0, 0.1) is 0 Å². The molecule has 0 atom stereocenters. The summed E-state index contributed by atoms with van der Waals surface area (Å²) >= 11 is 0. The molecule has 7 rings (SSSR count). The molecule has 0 aliphatic carbocycles. The van der Waals surface area contributed by atoms with Crippen molar-refractivity contribution in [2.24, 2.45) is 0 Å². The Morgan fingerprint density at radius 1 is 0.875 bits per heavy atom. The first-order valence-electron chi connectivity index (χ1n) is 10.1. The smallest absolute Gasteiger partial charge is 0.157 e. The van der Waals surface area contributed by atoms with Gasteiger partial charge in [0.2, 0.25) is 0 Å². The quantitative estimate of drug-likeness (QED) is 0.473. The summed E-state index contributed by atoms with van der Waals surface area (Å²) in [4.78, 5) is 22.0. The number of rotatable bonds is 3. The number of H-pyrrole nitrogens is 1. The van der Waals surface area contributed by atoms with Crippen LogP contribution in [-0.2, 0) is 0 Å². The van der Waals surface area contributed by atoms with E-state index in [0.29, 0.717) is 5.82 Å². The fraction of sp³-hybridized carbons (Fsp3) is 0. The third-order valence-corrected chi connectivity index (χ3v) is 5.57. The maximum Gasteiger partial charge on any atom is 0.157 e. The van der Waals surface area contributed by atoms with Gasteiger partial charge in [0.1, 0.15) is 34.7 Å². The highest BCUT2D eigenvalue weighted by atomic mass is 15.2. The van der Waals surface area contributed by atoms with E-state index in [1.807, 2.05) is 82.3 Å². The zero-order chi connectivity index (χ0) is 21.1. The minimum absolute atomic E-state index is 0.708. The lowest BCUT2D eigenvalue weighted by atomic mass is 10.1. The number of hydrogen-bond acceptors (Lipinski definition) is 5. The van der Waals surface area contributed by atoms with Crippen LogP contribution in [0.1, 0.15) is 0 Å². The summed E-state index contributed by atoms with van der Waals surface area (Å²) < 4.78 is 5.75. The third-order valence-electron chi connectivity index (χ3n) is 5.57. The second-order valence-electron chi connectivity index (χ2n) is 7.44. The molecule has 0 saturated carbocycles. The molecule has 0 amide bonds. The van der Waals surface area contributed by atoms with Crippen LogP contribution in [0.5, 0.6) is 0 Å². The van der Waals surface area contributed by atoms with Gasteiger partial charge < -0.3 is 9.38 Å². The monoisotopic (exact) mass is 417 g/mol. The standard InChI is InChI=1S/C23H15N9/c1-3-9-30-13-16(27-20(30)6-1)22-21(15-11-26-32-14-24-8-7-17(15)32)28-23(29-22)18-12-25-19-5-2-4-10-31(18)19/h1-14H,(H,28,29). The Morgan fingerprint density at radius 3 is 2.72 bits per heavy atom. The van der Waals surface area contributed by atoms with E-state index in [1.54, 1.807) is 17.0 Å².